The Hall–Kier alpha value is -1.83. The minimum atomic E-state index is -0.920. The summed E-state index contributed by atoms with van der Waals surface area (Å²) in [6.07, 6.45) is 3.09. The number of nitrogens with one attached hydrogen (secondary N) is 1. The van der Waals surface area contributed by atoms with Crippen molar-refractivity contribution in [3.05, 3.63) is 22.8 Å². The number of phenols is 1. The van der Waals surface area contributed by atoms with Crippen LogP contribution in [0.1, 0.15) is 49.8 Å². The summed E-state index contributed by atoms with van der Waals surface area (Å²) >= 11 is 0. The van der Waals surface area contributed by atoms with Crippen molar-refractivity contribution in [3.63, 3.8) is 0 Å². The van der Waals surface area contributed by atoms with E-state index in [1.807, 2.05) is 26.8 Å². The van der Waals surface area contributed by atoms with Crippen molar-refractivity contribution < 1.29 is 28.8 Å². The van der Waals surface area contributed by atoms with E-state index in [1.165, 1.54) is 0 Å². The zero-order chi connectivity index (χ0) is 22.0. The van der Waals surface area contributed by atoms with Crippen molar-refractivity contribution in [1.82, 2.24) is 5.32 Å². The highest BCUT2D eigenvalue weighted by molar-refractivity contribution is 5.85. The predicted molar refractivity (Wildman–Crippen MR) is 115 cm³/mol. The molecule has 1 atom stereocenters. The Labute approximate surface area is 180 Å². The third-order valence-electron chi connectivity index (χ3n) is 5.32. The molecule has 0 saturated heterocycles. The summed E-state index contributed by atoms with van der Waals surface area (Å²) in [4.78, 5) is 12.7. The average molecular weight is 424 g/mol. The van der Waals surface area contributed by atoms with Crippen LogP contribution < -0.4 is 10.1 Å². The lowest BCUT2D eigenvalue weighted by Crippen LogP contribution is -2.51. The molecule has 2 rings (SSSR count). The molecule has 30 heavy (non-hydrogen) atoms. The first-order chi connectivity index (χ1) is 14.4. The predicted octanol–water partition coefficient (Wildman–Crippen LogP) is 3.06. The highest BCUT2D eigenvalue weighted by Gasteiger charge is 2.39. The molecule has 1 unspecified atom stereocenters. The Balaban J connectivity index is 1.63. The molecule has 7 heteroatoms. The van der Waals surface area contributed by atoms with Gasteiger partial charge in [0.1, 0.15) is 11.5 Å². The first-order valence-electron chi connectivity index (χ1n) is 10.9. The molecule has 1 amide bonds. The first kappa shape index (κ1) is 24.4. The molecule has 1 aliphatic heterocycles. The summed E-state index contributed by atoms with van der Waals surface area (Å²) < 4.78 is 22.4. The maximum absolute atomic E-state index is 12.7. The molecule has 0 spiro atoms. The van der Waals surface area contributed by atoms with Gasteiger partial charge in [0.05, 0.1) is 19.8 Å². The Bertz CT molecular complexity index is 693. The molecule has 1 heterocycles. The van der Waals surface area contributed by atoms with Crippen LogP contribution in [0, 0.1) is 13.8 Å². The molecule has 2 N–H and O–H groups in total. The minimum Gasteiger partial charge on any atom is -0.507 e. The van der Waals surface area contributed by atoms with E-state index in [9.17, 15) is 9.90 Å². The molecule has 1 aliphatic rings. The number of hydrogen-bond acceptors (Lipinski definition) is 6. The van der Waals surface area contributed by atoms with E-state index in [0.717, 1.165) is 36.1 Å². The molecule has 170 valence electrons. The summed E-state index contributed by atoms with van der Waals surface area (Å²) in [5.41, 5.74) is 1.64. The van der Waals surface area contributed by atoms with Crippen molar-refractivity contribution in [2.24, 2.45) is 0 Å². The largest absolute Gasteiger partial charge is 0.507 e. The number of rotatable bonds is 13. The van der Waals surface area contributed by atoms with Crippen LogP contribution in [0.3, 0.4) is 0 Å². The Morgan fingerprint density at radius 2 is 1.80 bits per heavy atom. The molecule has 1 aromatic rings. The van der Waals surface area contributed by atoms with Crippen LogP contribution >= 0.6 is 0 Å². The van der Waals surface area contributed by atoms with Gasteiger partial charge in [-0.1, -0.05) is 6.92 Å². The number of carbonyl (C=O) groups excluding carboxylic acids is 1. The van der Waals surface area contributed by atoms with Crippen LogP contribution in [-0.4, -0.2) is 62.8 Å². The molecular formula is C23H37NO6. The lowest BCUT2D eigenvalue weighted by molar-refractivity contribution is -0.137. The van der Waals surface area contributed by atoms with Gasteiger partial charge in [-0.3, -0.25) is 4.79 Å². The van der Waals surface area contributed by atoms with Gasteiger partial charge in [0.25, 0.3) is 5.91 Å². The van der Waals surface area contributed by atoms with E-state index in [2.05, 4.69) is 12.2 Å². The Kier molecular flexibility index (Phi) is 9.88. The number of ether oxygens (including phenoxy) is 4. The number of phenolic OH excluding ortho intramolecular Hbond substituents is 1. The third-order valence-corrected chi connectivity index (χ3v) is 5.32. The first-order valence-corrected chi connectivity index (χ1v) is 10.9. The molecule has 0 fully saturated rings. The molecule has 7 nitrogen and oxygen atoms in total. The number of aromatic hydroxyl groups is 1. The van der Waals surface area contributed by atoms with Crippen LogP contribution in [0.2, 0.25) is 0 Å². The van der Waals surface area contributed by atoms with Gasteiger partial charge in [-0.05, 0) is 57.2 Å². The van der Waals surface area contributed by atoms with Crippen LogP contribution in [0.5, 0.6) is 11.5 Å². The molecular weight excluding hydrogens is 386 g/mol. The molecule has 0 bridgehead atoms. The van der Waals surface area contributed by atoms with Crippen molar-refractivity contribution in [2.45, 2.75) is 59.0 Å². The maximum Gasteiger partial charge on any atom is 0.263 e. The summed E-state index contributed by atoms with van der Waals surface area (Å²) in [7, 11) is 0. The topological polar surface area (TPSA) is 86.2 Å². The van der Waals surface area contributed by atoms with E-state index in [4.69, 9.17) is 18.9 Å². The summed E-state index contributed by atoms with van der Waals surface area (Å²) in [5, 5.41) is 13.0. The number of amides is 1. The second kappa shape index (κ2) is 12.1. The van der Waals surface area contributed by atoms with E-state index >= 15 is 0 Å². The Morgan fingerprint density at radius 1 is 1.13 bits per heavy atom. The quantitative estimate of drug-likeness (QED) is 0.474. The number of hydrogen-bond donors (Lipinski definition) is 2. The molecule has 1 aromatic carbocycles. The van der Waals surface area contributed by atoms with Crippen molar-refractivity contribution >= 4 is 5.91 Å². The maximum atomic E-state index is 12.7. The second-order valence-corrected chi connectivity index (χ2v) is 7.92. The molecule has 0 aliphatic carbocycles. The fourth-order valence-electron chi connectivity index (χ4n) is 3.45. The van der Waals surface area contributed by atoms with Crippen molar-refractivity contribution in [2.75, 3.05) is 46.2 Å². The molecule has 0 aromatic heterocycles. The van der Waals surface area contributed by atoms with Gasteiger partial charge in [-0.15, -0.1) is 0 Å². The van der Waals surface area contributed by atoms with Crippen molar-refractivity contribution in [1.29, 1.82) is 0 Å². The van der Waals surface area contributed by atoms with Crippen molar-refractivity contribution in [3.8, 4) is 11.5 Å². The fraction of sp³-hybridized carbons (Fsp3) is 0.696. The smallest absolute Gasteiger partial charge is 0.263 e. The van der Waals surface area contributed by atoms with E-state index < -0.39 is 5.60 Å². The molecule has 0 saturated carbocycles. The SMILES string of the molecule is CCCOCCOCCCOCCNC(=O)C1(C)CCc2c(cc(C)c(O)c2C)O1. The normalized spacial score (nSPS) is 18.0. The van der Waals surface area contributed by atoms with Crippen LogP contribution in [0.25, 0.3) is 0 Å². The summed E-state index contributed by atoms with van der Waals surface area (Å²) in [5.74, 6) is 0.844. The van der Waals surface area contributed by atoms with E-state index in [-0.39, 0.29) is 5.91 Å². The summed E-state index contributed by atoms with van der Waals surface area (Å²) in [6, 6.07) is 1.81. The minimum absolute atomic E-state index is 0.143. The van der Waals surface area contributed by atoms with Crippen LogP contribution in [0.4, 0.5) is 0 Å². The average Bonchev–Trinajstić information content (AvgIpc) is 2.72. The molecule has 0 radical (unpaired) electrons. The van der Waals surface area contributed by atoms with E-state index in [1.54, 1.807) is 0 Å². The lowest BCUT2D eigenvalue weighted by Gasteiger charge is -2.35. The van der Waals surface area contributed by atoms with Gasteiger partial charge in [0.15, 0.2) is 5.60 Å². The van der Waals surface area contributed by atoms with Gasteiger partial charge in [-0.25, -0.2) is 0 Å². The monoisotopic (exact) mass is 423 g/mol. The van der Waals surface area contributed by atoms with Crippen LogP contribution in [0.15, 0.2) is 6.07 Å². The fourth-order valence-corrected chi connectivity index (χ4v) is 3.45. The number of carbonyl (C=O) groups is 1. The third kappa shape index (κ3) is 6.86. The van der Waals surface area contributed by atoms with Gasteiger partial charge in [-0.2, -0.15) is 0 Å². The van der Waals surface area contributed by atoms with Gasteiger partial charge in [0, 0.05) is 38.3 Å². The number of fused-ring (bicyclic) bond motifs is 1. The van der Waals surface area contributed by atoms with Gasteiger partial charge < -0.3 is 29.4 Å². The standard InChI is InChI=1S/C23H37NO6/c1-5-10-27-14-15-29-12-6-11-28-13-9-24-22(26)23(4)8-7-19-18(3)21(25)17(2)16-20(19)30-23/h16,25H,5-15H2,1-4H3,(H,24,26). The van der Waals surface area contributed by atoms with Gasteiger partial charge >= 0.3 is 0 Å². The zero-order valence-electron chi connectivity index (χ0n) is 18.8. The zero-order valence-corrected chi connectivity index (χ0v) is 18.8. The lowest BCUT2D eigenvalue weighted by atomic mass is 9.88. The second-order valence-electron chi connectivity index (χ2n) is 7.92. The Morgan fingerprint density at radius 3 is 2.50 bits per heavy atom. The summed E-state index contributed by atoms with van der Waals surface area (Å²) in [6.45, 7) is 11.7. The van der Waals surface area contributed by atoms with Crippen LogP contribution in [-0.2, 0) is 25.4 Å². The number of aryl methyl sites for hydroxylation is 1. The highest BCUT2D eigenvalue weighted by Crippen LogP contribution is 2.40. The van der Waals surface area contributed by atoms with E-state index in [0.29, 0.717) is 63.9 Å². The van der Waals surface area contributed by atoms with Gasteiger partial charge in [0.2, 0.25) is 0 Å². The highest BCUT2D eigenvalue weighted by atomic mass is 16.5. The number of benzene rings is 1.